The monoisotopic (exact) mass is 472 g/mol. The van der Waals surface area contributed by atoms with Gasteiger partial charge in [0.15, 0.2) is 0 Å². The lowest BCUT2D eigenvalue weighted by Gasteiger charge is -2.39. The van der Waals surface area contributed by atoms with E-state index in [9.17, 15) is 21.6 Å². The van der Waals surface area contributed by atoms with Gasteiger partial charge in [0.2, 0.25) is 10.0 Å². The zero-order chi connectivity index (χ0) is 23.4. The summed E-state index contributed by atoms with van der Waals surface area (Å²) in [7, 11) is -3.03. The molecule has 1 spiro atoms. The van der Waals surface area contributed by atoms with Crippen molar-refractivity contribution in [1.82, 2.24) is 9.21 Å². The zero-order valence-corrected chi connectivity index (χ0v) is 19.3. The number of hydrogen-bond donors (Lipinski definition) is 1. The Bertz CT molecular complexity index is 702. The number of piperidine rings is 1. The Morgan fingerprint density at radius 2 is 1.74 bits per heavy atom. The average molecular weight is 473 g/mol. The molecular formula is C20H35F3N2O5S. The number of carboxylic acid groups (broad SMARTS) is 1. The maximum Gasteiger partial charge on any atom is 0.490 e. The number of carboxylic acids is 1. The van der Waals surface area contributed by atoms with Crippen molar-refractivity contribution in [2.75, 3.05) is 38.6 Å². The van der Waals surface area contributed by atoms with E-state index in [1.165, 1.54) is 12.8 Å². The van der Waals surface area contributed by atoms with Crippen molar-refractivity contribution in [3.63, 3.8) is 0 Å². The summed E-state index contributed by atoms with van der Waals surface area (Å²) in [4.78, 5) is 11.5. The van der Waals surface area contributed by atoms with E-state index in [0.717, 1.165) is 44.9 Å². The number of nitrogens with zero attached hydrogens (tertiary/aromatic N) is 2. The first kappa shape index (κ1) is 26.3. The third-order valence-electron chi connectivity index (χ3n) is 6.46. The van der Waals surface area contributed by atoms with Gasteiger partial charge in [-0.2, -0.15) is 13.2 Å². The molecule has 3 fully saturated rings. The Morgan fingerprint density at radius 3 is 2.16 bits per heavy atom. The molecule has 0 radical (unpaired) electrons. The van der Waals surface area contributed by atoms with Crippen molar-refractivity contribution in [3.05, 3.63) is 0 Å². The summed E-state index contributed by atoms with van der Waals surface area (Å²) in [6.07, 6.45) is 0.744. The quantitative estimate of drug-likeness (QED) is 0.613. The highest BCUT2D eigenvalue weighted by Crippen LogP contribution is 2.44. The molecule has 7 nitrogen and oxygen atoms in total. The van der Waals surface area contributed by atoms with E-state index in [-0.39, 0.29) is 11.2 Å². The summed E-state index contributed by atoms with van der Waals surface area (Å²) in [6.45, 7) is 10.5. The Morgan fingerprint density at radius 1 is 1.19 bits per heavy atom. The second-order valence-corrected chi connectivity index (χ2v) is 11.5. The van der Waals surface area contributed by atoms with Gasteiger partial charge in [-0.05, 0) is 64.2 Å². The lowest BCUT2D eigenvalue weighted by atomic mass is 9.77. The third-order valence-corrected chi connectivity index (χ3v) is 8.34. The molecule has 11 heteroatoms. The van der Waals surface area contributed by atoms with Crippen LogP contribution in [-0.2, 0) is 19.6 Å². The normalized spacial score (nSPS) is 24.9. The number of ether oxygens (including phenoxy) is 1. The van der Waals surface area contributed by atoms with Crippen LogP contribution >= 0.6 is 0 Å². The maximum absolute atomic E-state index is 12.1. The summed E-state index contributed by atoms with van der Waals surface area (Å²) >= 11 is 0. The number of rotatable bonds is 7. The van der Waals surface area contributed by atoms with Crippen molar-refractivity contribution in [2.45, 2.75) is 71.1 Å². The molecule has 2 aliphatic heterocycles. The molecule has 0 aromatic rings. The highest BCUT2D eigenvalue weighted by molar-refractivity contribution is 7.89. The molecule has 0 aromatic carbocycles. The Labute approximate surface area is 183 Å². The zero-order valence-electron chi connectivity index (χ0n) is 18.5. The standard InChI is InChI=1S/C18H34N2O3S.C2HF3O2/c1-4-24(21,22)19-9-7-18(8-10-19)11-17(20(14-18)15(2)3)13-23-12-16-5-6-16;3-2(4,5)1(6)7/h15-17H,4-14H2,1-3H3;(H,6,7). The molecule has 2 saturated heterocycles. The van der Waals surface area contributed by atoms with Crippen LogP contribution in [0.1, 0.15) is 52.9 Å². The highest BCUT2D eigenvalue weighted by atomic mass is 32.2. The second-order valence-electron chi connectivity index (χ2n) is 9.21. The molecule has 0 bridgehead atoms. The fourth-order valence-corrected chi connectivity index (χ4v) is 5.50. The average Bonchev–Trinajstić information content (AvgIpc) is 3.43. The first-order valence-corrected chi connectivity index (χ1v) is 12.5. The summed E-state index contributed by atoms with van der Waals surface area (Å²) in [5, 5.41) is 7.12. The number of halogens is 3. The molecule has 3 rings (SSSR count). The number of hydrogen-bond acceptors (Lipinski definition) is 5. The van der Waals surface area contributed by atoms with Gasteiger partial charge in [-0.15, -0.1) is 0 Å². The Hall–Kier alpha value is -0.910. The number of sulfonamides is 1. The molecule has 1 N–H and O–H groups in total. The van der Waals surface area contributed by atoms with Gasteiger partial charge in [0.05, 0.1) is 12.4 Å². The van der Waals surface area contributed by atoms with Crippen molar-refractivity contribution in [1.29, 1.82) is 0 Å². The van der Waals surface area contributed by atoms with E-state index in [4.69, 9.17) is 14.6 Å². The van der Waals surface area contributed by atoms with Crippen LogP contribution in [0, 0.1) is 11.3 Å². The van der Waals surface area contributed by atoms with Crippen LogP contribution < -0.4 is 0 Å². The van der Waals surface area contributed by atoms with Gasteiger partial charge in [-0.3, -0.25) is 4.90 Å². The molecular weight excluding hydrogens is 437 g/mol. The Balaban J connectivity index is 0.000000423. The molecule has 1 saturated carbocycles. The van der Waals surface area contributed by atoms with Crippen LogP contribution in [0.15, 0.2) is 0 Å². The maximum atomic E-state index is 12.1. The predicted molar refractivity (Wildman–Crippen MR) is 110 cm³/mol. The fraction of sp³-hybridized carbons (Fsp3) is 0.950. The van der Waals surface area contributed by atoms with Crippen LogP contribution in [0.2, 0.25) is 0 Å². The number of carbonyl (C=O) groups is 1. The van der Waals surface area contributed by atoms with Crippen LogP contribution in [-0.4, -0.2) is 85.6 Å². The highest BCUT2D eigenvalue weighted by Gasteiger charge is 2.47. The van der Waals surface area contributed by atoms with Crippen molar-refractivity contribution in [2.24, 2.45) is 11.3 Å². The minimum Gasteiger partial charge on any atom is -0.475 e. The van der Waals surface area contributed by atoms with E-state index < -0.39 is 22.2 Å². The van der Waals surface area contributed by atoms with Gasteiger partial charge < -0.3 is 9.84 Å². The Kier molecular flexibility index (Phi) is 8.80. The molecule has 3 aliphatic rings. The molecule has 0 aromatic heterocycles. The number of aliphatic carboxylic acids is 1. The van der Waals surface area contributed by atoms with Crippen molar-refractivity contribution >= 4 is 16.0 Å². The van der Waals surface area contributed by atoms with Crippen molar-refractivity contribution < 1.29 is 36.2 Å². The van der Waals surface area contributed by atoms with E-state index in [1.807, 2.05) is 0 Å². The molecule has 1 atom stereocenters. The topological polar surface area (TPSA) is 87.2 Å². The largest absolute Gasteiger partial charge is 0.490 e. The summed E-state index contributed by atoms with van der Waals surface area (Å²) in [5.41, 5.74) is 0.289. The second kappa shape index (κ2) is 10.4. The van der Waals surface area contributed by atoms with E-state index >= 15 is 0 Å². The summed E-state index contributed by atoms with van der Waals surface area (Å²) in [6, 6.07) is 1.02. The SMILES string of the molecule is CCS(=O)(=O)N1CCC2(CC1)CC(COCC1CC1)N(C(C)C)C2.O=C(O)C(F)(F)F. The minimum absolute atomic E-state index is 0.218. The lowest BCUT2D eigenvalue weighted by Crippen LogP contribution is -2.45. The molecule has 182 valence electrons. The van der Waals surface area contributed by atoms with Gasteiger partial charge in [-0.1, -0.05) is 0 Å². The summed E-state index contributed by atoms with van der Waals surface area (Å²) < 4.78 is 63.6. The molecule has 1 aliphatic carbocycles. The van der Waals surface area contributed by atoms with Gasteiger partial charge in [0.1, 0.15) is 0 Å². The first-order valence-electron chi connectivity index (χ1n) is 10.9. The van der Waals surface area contributed by atoms with Crippen LogP contribution in [0.25, 0.3) is 0 Å². The number of likely N-dealkylation sites (tertiary alicyclic amines) is 1. The third kappa shape index (κ3) is 7.57. The van der Waals surface area contributed by atoms with Gasteiger partial charge >= 0.3 is 12.1 Å². The van der Waals surface area contributed by atoms with Gasteiger partial charge in [0, 0.05) is 38.3 Å². The van der Waals surface area contributed by atoms with E-state index in [0.29, 0.717) is 25.2 Å². The van der Waals surface area contributed by atoms with Gasteiger partial charge in [0.25, 0.3) is 0 Å². The number of alkyl halides is 3. The lowest BCUT2D eigenvalue weighted by molar-refractivity contribution is -0.192. The minimum atomic E-state index is -5.08. The predicted octanol–water partition coefficient (Wildman–Crippen LogP) is 2.96. The van der Waals surface area contributed by atoms with Gasteiger partial charge in [-0.25, -0.2) is 17.5 Å². The van der Waals surface area contributed by atoms with E-state index in [1.54, 1.807) is 11.2 Å². The van der Waals surface area contributed by atoms with E-state index in [2.05, 4.69) is 18.7 Å². The molecule has 2 heterocycles. The first-order chi connectivity index (χ1) is 14.3. The smallest absolute Gasteiger partial charge is 0.475 e. The summed E-state index contributed by atoms with van der Waals surface area (Å²) in [5.74, 6) is -1.72. The molecule has 1 unspecified atom stereocenters. The molecule has 0 amide bonds. The van der Waals surface area contributed by atoms with Crippen LogP contribution in [0.3, 0.4) is 0 Å². The van der Waals surface area contributed by atoms with Crippen molar-refractivity contribution in [3.8, 4) is 0 Å². The van der Waals surface area contributed by atoms with Crippen LogP contribution in [0.5, 0.6) is 0 Å². The fourth-order valence-electron chi connectivity index (χ4n) is 4.40. The molecule has 31 heavy (non-hydrogen) atoms. The van der Waals surface area contributed by atoms with Crippen LogP contribution in [0.4, 0.5) is 13.2 Å².